The number of sulfonamides is 1. The van der Waals surface area contributed by atoms with Crippen LogP contribution in [0.3, 0.4) is 0 Å². The SMILES string of the molecule is CS(=O)(=O)Nc1ccc(-c2ccnc3[nH]c(CC(=O)N4CCCC4)cc23)cc1. The minimum atomic E-state index is -3.31. The fourth-order valence-electron chi connectivity index (χ4n) is 3.60. The van der Waals surface area contributed by atoms with E-state index in [0.29, 0.717) is 12.1 Å². The van der Waals surface area contributed by atoms with Gasteiger partial charge in [0.15, 0.2) is 0 Å². The van der Waals surface area contributed by atoms with E-state index in [4.69, 9.17) is 0 Å². The molecule has 2 aromatic heterocycles. The number of aromatic amines is 1. The lowest BCUT2D eigenvalue weighted by Gasteiger charge is -2.14. The molecule has 4 rings (SSSR count). The number of carbonyl (C=O) groups is 1. The maximum atomic E-state index is 12.4. The van der Waals surface area contributed by atoms with Crippen molar-refractivity contribution < 1.29 is 13.2 Å². The molecule has 146 valence electrons. The summed E-state index contributed by atoms with van der Waals surface area (Å²) in [4.78, 5) is 22.0. The highest BCUT2D eigenvalue weighted by Gasteiger charge is 2.19. The summed E-state index contributed by atoms with van der Waals surface area (Å²) in [5.74, 6) is 0.141. The van der Waals surface area contributed by atoms with E-state index in [-0.39, 0.29) is 5.91 Å². The summed E-state index contributed by atoms with van der Waals surface area (Å²) in [6.45, 7) is 1.69. The van der Waals surface area contributed by atoms with E-state index in [0.717, 1.165) is 60.0 Å². The Labute approximate surface area is 163 Å². The molecule has 1 aliphatic rings. The second-order valence-corrected chi connectivity index (χ2v) is 8.88. The third-order valence-electron chi connectivity index (χ3n) is 4.89. The molecule has 0 atom stereocenters. The summed E-state index contributed by atoms with van der Waals surface area (Å²) in [5.41, 5.74) is 4.03. The number of hydrogen-bond acceptors (Lipinski definition) is 4. The molecule has 1 fully saturated rings. The van der Waals surface area contributed by atoms with E-state index < -0.39 is 10.0 Å². The Balaban J connectivity index is 1.61. The Morgan fingerprint density at radius 1 is 1.18 bits per heavy atom. The predicted molar refractivity (Wildman–Crippen MR) is 110 cm³/mol. The van der Waals surface area contributed by atoms with Gasteiger partial charge in [-0.1, -0.05) is 12.1 Å². The number of rotatable bonds is 5. The number of carbonyl (C=O) groups excluding carboxylic acids is 1. The molecule has 1 aromatic carbocycles. The third-order valence-corrected chi connectivity index (χ3v) is 5.49. The molecular formula is C20H22N4O3S. The molecule has 1 aliphatic heterocycles. The van der Waals surface area contributed by atoms with Crippen molar-refractivity contribution in [2.75, 3.05) is 24.1 Å². The average molecular weight is 398 g/mol. The van der Waals surface area contributed by atoms with Crippen molar-refractivity contribution in [1.29, 1.82) is 0 Å². The van der Waals surface area contributed by atoms with Gasteiger partial charge >= 0.3 is 0 Å². The standard InChI is InChI=1S/C20H22N4O3S/c1-28(26,27)23-15-6-4-14(5-7-15)17-8-9-21-20-18(17)12-16(22-20)13-19(25)24-10-2-3-11-24/h4-9,12,23H,2-3,10-11,13H2,1H3,(H,21,22). The van der Waals surface area contributed by atoms with Crippen LogP contribution in [0, 0.1) is 0 Å². The molecule has 8 heteroatoms. The first-order chi connectivity index (χ1) is 13.4. The van der Waals surface area contributed by atoms with Crippen molar-refractivity contribution in [3.05, 3.63) is 48.3 Å². The number of aromatic nitrogens is 2. The van der Waals surface area contributed by atoms with Crippen LogP contribution < -0.4 is 4.72 Å². The number of benzene rings is 1. The first-order valence-corrected chi connectivity index (χ1v) is 11.1. The van der Waals surface area contributed by atoms with Gasteiger partial charge in [0.2, 0.25) is 15.9 Å². The highest BCUT2D eigenvalue weighted by molar-refractivity contribution is 7.92. The molecule has 1 saturated heterocycles. The van der Waals surface area contributed by atoms with E-state index in [2.05, 4.69) is 14.7 Å². The van der Waals surface area contributed by atoms with Crippen LogP contribution in [-0.2, 0) is 21.2 Å². The van der Waals surface area contributed by atoms with Crippen LogP contribution in [-0.4, -0.2) is 48.5 Å². The zero-order valence-electron chi connectivity index (χ0n) is 15.6. The fraction of sp³-hybridized carbons (Fsp3) is 0.300. The molecule has 0 aliphatic carbocycles. The highest BCUT2D eigenvalue weighted by atomic mass is 32.2. The Hall–Kier alpha value is -2.87. The number of H-pyrrole nitrogens is 1. The zero-order valence-corrected chi connectivity index (χ0v) is 16.4. The minimum Gasteiger partial charge on any atom is -0.343 e. The highest BCUT2D eigenvalue weighted by Crippen LogP contribution is 2.29. The molecule has 2 N–H and O–H groups in total. The lowest BCUT2D eigenvalue weighted by atomic mass is 10.0. The Kier molecular flexibility index (Phi) is 4.80. The van der Waals surface area contributed by atoms with Gasteiger partial charge in [-0.25, -0.2) is 13.4 Å². The van der Waals surface area contributed by atoms with Gasteiger partial charge < -0.3 is 9.88 Å². The molecule has 3 heterocycles. The van der Waals surface area contributed by atoms with Crippen molar-refractivity contribution in [3.8, 4) is 11.1 Å². The van der Waals surface area contributed by atoms with Gasteiger partial charge in [-0.15, -0.1) is 0 Å². The Morgan fingerprint density at radius 3 is 2.57 bits per heavy atom. The van der Waals surface area contributed by atoms with E-state index >= 15 is 0 Å². The van der Waals surface area contributed by atoms with Crippen molar-refractivity contribution in [3.63, 3.8) is 0 Å². The van der Waals surface area contributed by atoms with Crippen LogP contribution in [0.15, 0.2) is 42.6 Å². The van der Waals surface area contributed by atoms with Gasteiger partial charge in [-0.3, -0.25) is 9.52 Å². The van der Waals surface area contributed by atoms with Crippen molar-refractivity contribution in [1.82, 2.24) is 14.9 Å². The summed E-state index contributed by atoms with van der Waals surface area (Å²) in [7, 11) is -3.31. The van der Waals surface area contributed by atoms with Crippen LogP contribution in [0.5, 0.6) is 0 Å². The number of likely N-dealkylation sites (tertiary alicyclic amines) is 1. The van der Waals surface area contributed by atoms with Crippen molar-refractivity contribution in [2.45, 2.75) is 19.3 Å². The average Bonchev–Trinajstić information content (AvgIpc) is 3.30. The van der Waals surface area contributed by atoms with Crippen LogP contribution in [0.2, 0.25) is 0 Å². The minimum absolute atomic E-state index is 0.141. The summed E-state index contributed by atoms with van der Waals surface area (Å²) in [6, 6.07) is 11.1. The predicted octanol–water partition coefficient (Wildman–Crippen LogP) is 2.77. The number of anilines is 1. The molecule has 1 amide bonds. The van der Waals surface area contributed by atoms with Gasteiger partial charge in [0.05, 0.1) is 12.7 Å². The van der Waals surface area contributed by atoms with Crippen molar-refractivity contribution in [2.24, 2.45) is 0 Å². The number of nitrogens with zero attached hydrogens (tertiary/aromatic N) is 2. The molecule has 0 bridgehead atoms. The maximum absolute atomic E-state index is 12.4. The number of hydrogen-bond donors (Lipinski definition) is 2. The topological polar surface area (TPSA) is 95.2 Å². The van der Waals surface area contributed by atoms with E-state index in [1.807, 2.05) is 29.2 Å². The van der Waals surface area contributed by atoms with Gasteiger partial charge in [-0.05, 0) is 48.2 Å². The summed E-state index contributed by atoms with van der Waals surface area (Å²) in [6.07, 6.45) is 5.34. The van der Waals surface area contributed by atoms with Gasteiger partial charge in [-0.2, -0.15) is 0 Å². The van der Waals surface area contributed by atoms with E-state index in [9.17, 15) is 13.2 Å². The van der Waals surface area contributed by atoms with Crippen LogP contribution in [0.25, 0.3) is 22.2 Å². The van der Waals surface area contributed by atoms with Gasteiger partial charge in [0.25, 0.3) is 0 Å². The first-order valence-electron chi connectivity index (χ1n) is 9.22. The summed E-state index contributed by atoms with van der Waals surface area (Å²) < 4.78 is 25.2. The van der Waals surface area contributed by atoms with Crippen LogP contribution in [0.4, 0.5) is 5.69 Å². The van der Waals surface area contributed by atoms with Gasteiger partial charge in [0.1, 0.15) is 5.65 Å². The Bertz CT molecular complexity index is 1110. The van der Waals surface area contributed by atoms with E-state index in [1.54, 1.807) is 18.3 Å². The normalized spacial score (nSPS) is 14.5. The molecule has 3 aromatic rings. The quantitative estimate of drug-likeness (QED) is 0.691. The largest absolute Gasteiger partial charge is 0.343 e. The molecule has 7 nitrogen and oxygen atoms in total. The fourth-order valence-corrected chi connectivity index (χ4v) is 4.17. The van der Waals surface area contributed by atoms with Crippen molar-refractivity contribution >= 4 is 32.7 Å². The lowest BCUT2D eigenvalue weighted by molar-refractivity contribution is -0.129. The maximum Gasteiger partial charge on any atom is 0.229 e. The number of nitrogens with one attached hydrogen (secondary N) is 2. The molecule has 0 spiro atoms. The number of pyridine rings is 1. The number of amides is 1. The van der Waals surface area contributed by atoms with E-state index in [1.165, 1.54) is 0 Å². The van der Waals surface area contributed by atoms with Crippen LogP contribution >= 0.6 is 0 Å². The molecular weight excluding hydrogens is 376 g/mol. The first kappa shape index (κ1) is 18.5. The molecule has 0 unspecified atom stereocenters. The third kappa shape index (κ3) is 4.01. The Morgan fingerprint density at radius 2 is 1.89 bits per heavy atom. The smallest absolute Gasteiger partial charge is 0.229 e. The second kappa shape index (κ2) is 7.27. The zero-order chi connectivity index (χ0) is 19.7. The summed E-state index contributed by atoms with van der Waals surface area (Å²) in [5, 5.41) is 0.940. The monoisotopic (exact) mass is 398 g/mol. The summed E-state index contributed by atoms with van der Waals surface area (Å²) >= 11 is 0. The molecule has 0 saturated carbocycles. The van der Waals surface area contributed by atoms with Gasteiger partial charge in [0, 0.05) is 36.1 Å². The van der Waals surface area contributed by atoms with Crippen LogP contribution in [0.1, 0.15) is 18.5 Å². The lowest BCUT2D eigenvalue weighted by Crippen LogP contribution is -2.29. The number of fused-ring (bicyclic) bond motifs is 1. The second-order valence-electron chi connectivity index (χ2n) is 7.13. The molecule has 28 heavy (non-hydrogen) atoms. The molecule has 0 radical (unpaired) electrons.